The number of aromatic nitrogens is 2. The molecule has 0 saturated heterocycles. The number of nitrogens with two attached hydrogens (primary N) is 1. The summed E-state index contributed by atoms with van der Waals surface area (Å²) >= 11 is 0. The SMILES string of the molecule is NCCC1CCc2ccn3nc(-c4ccccc4)c(C(=O)O)c3c21. The lowest BCUT2D eigenvalue weighted by molar-refractivity contribution is 0.0699. The minimum atomic E-state index is -0.935. The summed E-state index contributed by atoms with van der Waals surface area (Å²) in [5.41, 5.74) is 10.5. The van der Waals surface area contributed by atoms with E-state index in [0.717, 1.165) is 35.9 Å². The minimum absolute atomic E-state index is 0.293. The van der Waals surface area contributed by atoms with Crippen molar-refractivity contribution in [2.24, 2.45) is 5.73 Å². The normalized spacial score (nSPS) is 16.5. The van der Waals surface area contributed by atoms with Gasteiger partial charge in [-0.15, -0.1) is 0 Å². The van der Waals surface area contributed by atoms with Gasteiger partial charge in [-0.1, -0.05) is 30.3 Å². The molecule has 5 heteroatoms. The van der Waals surface area contributed by atoms with Crippen LogP contribution in [0.2, 0.25) is 0 Å². The van der Waals surface area contributed by atoms with E-state index >= 15 is 0 Å². The molecule has 1 atom stereocenters. The maximum Gasteiger partial charge on any atom is 0.340 e. The molecule has 0 amide bonds. The monoisotopic (exact) mass is 321 g/mol. The Bertz CT molecular complexity index is 913. The summed E-state index contributed by atoms with van der Waals surface area (Å²) in [5, 5.41) is 14.5. The zero-order valence-corrected chi connectivity index (χ0v) is 13.3. The number of nitrogens with zero attached hydrogens (tertiary/aromatic N) is 2. The molecule has 0 bridgehead atoms. The van der Waals surface area contributed by atoms with E-state index in [4.69, 9.17) is 5.73 Å². The standard InChI is InChI=1S/C19H19N3O2/c20-10-8-12-6-7-13-9-11-22-18(15(12)13)16(19(23)24)17(21-22)14-4-2-1-3-5-14/h1-5,9,11-12H,6-8,10,20H2,(H,23,24). The first-order chi connectivity index (χ1) is 11.7. The van der Waals surface area contributed by atoms with Crippen molar-refractivity contribution >= 4 is 11.5 Å². The van der Waals surface area contributed by atoms with E-state index in [9.17, 15) is 9.90 Å². The van der Waals surface area contributed by atoms with E-state index in [1.54, 1.807) is 4.52 Å². The van der Waals surface area contributed by atoms with Gasteiger partial charge in [0.2, 0.25) is 0 Å². The second kappa shape index (κ2) is 5.76. The number of hydrogen-bond acceptors (Lipinski definition) is 3. The third kappa shape index (κ3) is 2.20. The average Bonchev–Trinajstić information content (AvgIpc) is 3.17. The molecule has 24 heavy (non-hydrogen) atoms. The summed E-state index contributed by atoms with van der Waals surface area (Å²) in [6.45, 7) is 0.604. The Hall–Kier alpha value is -2.66. The molecule has 1 aliphatic rings. The Labute approximate surface area is 139 Å². The first kappa shape index (κ1) is 14.9. The van der Waals surface area contributed by atoms with Crippen molar-refractivity contribution in [2.45, 2.75) is 25.2 Å². The highest BCUT2D eigenvalue weighted by Gasteiger charge is 2.30. The molecular weight excluding hydrogens is 302 g/mol. The molecule has 5 nitrogen and oxygen atoms in total. The third-order valence-corrected chi connectivity index (χ3v) is 4.88. The number of pyridine rings is 1. The lowest BCUT2D eigenvalue weighted by Crippen LogP contribution is -2.07. The van der Waals surface area contributed by atoms with E-state index in [-0.39, 0.29) is 0 Å². The number of aromatic carboxylic acids is 1. The molecule has 0 radical (unpaired) electrons. The highest BCUT2D eigenvalue weighted by atomic mass is 16.4. The highest BCUT2D eigenvalue weighted by Crippen LogP contribution is 2.40. The Kier molecular flexibility index (Phi) is 3.58. The summed E-state index contributed by atoms with van der Waals surface area (Å²) in [6, 6.07) is 11.6. The summed E-state index contributed by atoms with van der Waals surface area (Å²) in [7, 11) is 0. The minimum Gasteiger partial charge on any atom is -0.478 e. The number of carbonyl (C=O) groups is 1. The first-order valence-electron chi connectivity index (χ1n) is 8.23. The highest BCUT2D eigenvalue weighted by molar-refractivity contribution is 6.03. The van der Waals surface area contributed by atoms with Gasteiger partial charge in [-0.3, -0.25) is 0 Å². The molecule has 0 aliphatic heterocycles. The Morgan fingerprint density at radius 1 is 1.29 bits per heavy atom. The molecule has 3 N–H and O–H groups in total. The lowest BCUT2D eigenvalue weighted by Gasteiger charge is -2.12. The van der Waals surface area contributed by atoms with Gasteiger partial charge in [0.05, 0.1) is 5.52 Å². The number of hydrogen-bond donors (Lipinski definition) is 2. The number of rotatable bonds is 4. The van der Waals surface area contributed by atoms with Crippen molar-refractivity contribution in [2.75, 3.05) is 6.54 Å². The van der Waals surface area contributed by atoms with E-state index < -0.39 is 5.97 Å². The van der Waals surface area contributed by atoms with Gasteiger partial charge in [0, 0.05) is 11.8 Å². The molecule has 3 aromatic rings. The molecule has 2 heterocycles. The van der Waals surface area contributed by atoms with Crippen LogP contribution in [0.5, 0.6) is 0 Å². The van der Waals surface area contributed by atoms with Crippen LogP contribution in [-0.2, 0) is 6.42 Å². The fourth-order valence-electron chi connectivity index (χ4n) is 3.84. The molecule has 1 aliphatic carbocycles. The summed E-state index contributed by atoms with van der Waals surface area (Å²) in [4.78, 5) is 12.1. The summed E-state index contributed by atoms with van der Waals surface area (Å²) in [6.07, 6.45) is 4.74. The summed E-state index contributed by atoms with van der Waals surface area (Å²) in [5.74, 6) is -0.622. The van der Waals surface area contributed by atoms with Crippen LogP contribution in [0.15, 0.2) is 42.6 Å². The number of carboxylic acid groups (broad SMARTS) is 1. The van der Waals surface area contributed by atoms with Gasteiger partial charge in [0.1, 0.15) is 11.3 Å². The molecule has 4 rings (SSSR count). The van der Waals surface area contributed by atoms with E-state index in [1.807, 2.05) is 36.5 Å². The van der Waals surface area contributed by atoms with Gasteiger partial charge in [-0.05, 0) is 48.9 Å². The van der Waals surface area contributed by atoms with Crippen molar-refractivity contribution in [1.29, 1.82) is 0 Å². The van der Waals surface area contributed by atoms with Crippen molar-refractivity contribution in [3.63, 3.8) is 0 Å². The molecule has 0 saturated carbocycles. The zero-order valence-electron chi connectivity index (χ0n) is 13.3. The average molecular weight is 321 g/mol. The van der Waals surface area contributed by atoms with Crippen molar-refractivity contribution in [3.05, 3.63) is 59.3 Å². The van der Waals surface area contributed by atoms with Crippen LogP contribution in [0.4, 0.5) is 0 Å². The van der Waals surface area contributed by atoms with Gasteiger partial charge < -0.3 is 10.8 Å². The Balaban J connectivity index is 2.03. The van der Waals surface area contributed by atoms with Crippen molar-refractivity contribution in [1.82, 2.24) is 9.61 Å². The van der Waals surface area contributed by atoms with Gasteiger partial charge in [-0.2, -0.15) is 5.10 Å². The fourth-order valence-corrected chi connectivity index (χ4v) is 3.84. The second-order valence-corrected chi connectivity index (χ2v) is 6.26. The Morgan fingerprint density at radius 3 is 2.79 bits per heavy atom. The lowest BCUT2D eigenvalue weighted by atomic mass is 9.95. The molecule has 0 spiro atoms. The van der Waals surface area contributed by atoms with Crippen molar-refractivity contribution in [3.8, 4) is 11.3 Å². The number of fused-ring (bicyclic) bond motifs is 3. The largest absolute Gasteiger partial charge is 0.478 e. The maximum atomic E-state index is 12.1. The van der Waals surface area contributed by atoms with Crippen molar-refractivity contribution < 1.29 is 9.90 Å². The first-order valence-corrected chi connectivity index (χ1v) is 8.23. The molecular formula is C19H19N3O2. The van der Waals surface area contributed by atoms with Crippen LogP contribution in [0.25, 0.3) is 16.8 Å². The van der Waals surface area contributed by atoms with Gasteiger partial charge in [0.25, 0.3) is 0 Å². The maximum absolute atomic E-state index is 12.1. The third-order valence-electron chi connectivity index (χ3n) is 4.88. The van der Waals surface area contributed by atoms with Gasteiger partial charge >= 0.3 is 5.97 Å². The molecule has 2 aromatic heterocycles. The quantitative estimate of drug-likeness (QED) is 0.774. The van der Waals surface area contributed by atoms with E-state index in [2.05, 4.69) is 11.2 Å². The van der Waals surface area contributed by atoms with Crippen LogP contribution >= 0.6 is 0 Å². The molecule has 1 aromatic carbocycles. The van der Waals surface area contributed by atoms with E-state index in [0.29, 0.717) is 23.7 Å². The molecule has 1 unspecified atom stereocenters. The van der Waals surface area contributed by atoms with Crippen LogP contribution < -0.4 is 5.73 Å². The Morgan fingerprint density at radius 2 is 2.08 bits per heavy atom. The molecule has 122 valence electrons. The summed E-state index contributed by atoms with van der Waals surface area (Å²) < 4.78 is 1.72. The van der Waals surface area contributed by atoms with Crippen LogP contribution in [0, 0.1) is 0 Å². The fraction of sp³-hybridized carbons (Fsp3) is 0.263. The van der Waals surface area contributed by atoms with Gasteiger partial charge in [-0.25, -0.2) is 9.31 Å². The second-order valence-electron chi connectivity index (χ2n) is 6.26. The number of carboxylic acids is 1. The van der Waals surface area contributed by atoms with E-state index in [1.165, 1.54) is 5.56 Å². The zero-order chi connectivity index (χ0) is 16.7. The van der Waals surface area contributed by atoms with Gasteiger partial charge in [0.15, 0.2) is 0 Å². The number of aryl methyl sites for hydroxylation is 1. The smallest absolute Gasteiger partial charge is 0.340 e. The topological polar surface area (TPSA) is 80.6 Å². The van der Waals surface area contributed by atoms with Crippen LogP contribution in [-0.4, -0.2) is 27.2 Å². The number of benzene rings is 1. The predicted octanol–water partition coefficient (Wildman–Crippen LogP) is 3.08. The predicted molar refractivity (Wildman–Crippen MR) is 92.3 cm³/mol. The molecule has 0 fully saturated rings. The van der Waals surface area contributed by atoms with Crippen LogP contribution in [0.1, 0.15) is 40.2 Å². The van der Waals surface area contributed by atoms with Crippen LogP contribution in [0.3, 0.4) is 0 Å².